The largest absolute Gasteiger partial charge is 0.0651 e. The minimum Gasteiger partial charge on any atom is -0.0651 e. The maximum atomic E-state index is 2.69. The molecule has 3 aliphatic carbocycles. The molecule has 0 heterocycles. The highest BCUT2D eigenvalue weighted by molar-refractivity contribution is 5.05. The van der Waals surface area contributed by atoms with Gasteiger partial charge in [0.1, 0.15) is 0 Å². The summed E-state index contributed by atoms with van der Waals surface area (Å²) in [5.41, 5.74) is 0.617. The molecule has 9 unspecified atom stereocenters. The predicted octanol–water partition coefficient (Wildman–Crippen LogP) is 8.21. The Morgan fingerprint density at radius 1 is 0.885 bits per heavy atom. The minimum absolute atomic E-state index is 0.617. The topological polar surface area (TPSA) is 0 Å². The van der Waals surface area contributed by atoms with Crippen molar-refractivity contribution in [1.82, 2.24) is 0 Å². The predicted molar refractivity (Wildman–Crippen MR) is 115 cm³/mol. The molecular weight excluding hydrogens is 312 g/mol. The van der Waals surface area contributed by atoms with E-state index in [4.69, 9.17) is 0 Å². The summed E-state index contributed by atoms with van der Waals surface area (Å²) in [5.74, 6) is 8.96. The van der Waals surface area contributed by atoms with Gasteiger partial charge in [0, 0.05) is 0 Å². The van der Waals surface area contributed by atoms with Crippen LogP contribution in [0.5, 0.6) is 0 Å². The highest BCUT2D eigenvalue weighted by Crippen LogP contribution is 2.64. The van der Waals surface area contributed by atoms with Crippen molar-refractivity contribution in [1.29, 1.82) is 0 Å². The number of rotatable bonds is 6. The summed E-state index contributed by atoms with van der Waals surface area (Å²) in [6, 6.07) is 0. The molecule has 0 heteroatoms. The zero-order valence-electron chi connectivity index (χ0n) is 19.1. The van der Waals surface area contributed by atoms with Gasteiger partial charge < -0.3 is 0 Å². The first-order valence-corrected chi connectivity index (χ1v) is 12.4. The first-order chi connectivity index (χ1) is 12.4. The van der Waals surface area contributed by atoms with E-state index >= 15 is 0 Å². The fourth-order valence-corrected chi connectivity index (χ4v) is 8.77. The Balaban J connectivity index is 1.77. The third-order valence-corrected chi connectivity index (χ3v) is 10.3. The molecule has 0 aliphatic heterocycles. The van der Waals surface area contributed by atoms with Gasteiger partial charge in [0.25, 0.3) is 0 Å². The molecule has 0 saturated heterocycles. The number of hydrogen-bond acceptors (Lipinski definition) is 0. The summed E-state index contributed by atoms with van der Waals surface area (Å²) < 4.78 is 0. The second-order valence-corrected chi connectivity index (χ2v) is 11.2. The second-order valence-electron chi connectivity index (χ2n) is 11.2. The normalized spacial score (nSPS) is 47.3. The lowest BCUT2D eigenvalue weighted by Crippen LogP contribution is -2.37. The van der Waals surface area contributed by atoms with Crippen molar-refractivity contribution >= 4 is 0 Å². The van der Waals surface area contributed by atoms with Gasteiger partial charge in [0.2, 0.25) is 0 Å². The van der Waals surface area contributed by atoms with Crippen LogP contribution in [0.4, 0.5) is 0 Å². The lowest BCUT2D eigenvalue weighted by molar-refractivity contribution is 0.0447. The average Bonchev–Trinajstić information content (AvgIpc) is 3.22. The molecule has 0 aromatic heterocycles. The van der Waals surface area contributed by atoms with Crippen LogP contribution in [0.2, 0.25) is 0 Å². The van der Waals surface area contributed by atoms with Crippen molar-refractivity contribution in [3.05, 3.63) is 0 Å². The van der Waals surface area contributed by atoms with E-state index in [0.717, 1.165) is 53.3 Å². The Kier molecular flexibility index (Phi) is 6.51. The van der Waals surface area contributed by atoms with Gasteiger partial charge in [-0.2, -0.15) is 0 Å². The average molecular weight is 361 g/mol. The van der Waals surface area contributed by atoms with Gasteiger partial charge in [-0.15, -0.1) is 0 Å². The van der Waals surface area contributed by atoms with Crippen LogP contribution in [-0.4, -0.2) is 0 Å². The highest BCUT2D eigenvalue weighted by Gasteiger charge is 2.56. The molecule has 0 bridgehead atoms. The van der Waals surface area contributed by atoms with Crippen molar-refractivity contribution in [2.75, 3.05) is 0 Å². The van der Waals surface area contributed by atoms with Crippen LogP contribution in [0, 0.1) is 58.7 Å². The Morgan fingerprint density at radius 3 is 2.15 bits per heavy atom. The highest BCUT2D eigenvalue weighted by atomic mass is 14.6. The Bertz CT molecular complexity index is 451. The molecule has 3 rings (SSSR count). The smallest absolute Gasteiger partial charge is 0.0266 e. The van der Waals surface area contributed by atoms with Crippen LogP contribution >= 0.6 is 0 Å². The monoisotopic (exact) mass is 360 g/mol. The summed E-state index contributed by atoms with van der Waals surface area (Å²) in [5, 5.41) is 0. The molecule has 0 aromatic carbocycles. The van der Waals surface area contributed by atoms with Gasteiger partial charge in [0.05, 0.1) is 0 Å². The summed E-state index contributed by atoms with van der Waals surface area (Å²) in [4.78, 5) is 0. The third kappa shape index (κ3) is 3.30. The molecule has 3 aliphatic rings. The number of hydrogen-bond donors (Lipinski definition) is 0. The molecule has 3 saturated carbocycles. The van der Waals surface area contributed by atoms with Gasteiger partial charge in [-0.1, -0.05) is 74.1 Å². The fourth-order valence-electron chi connectivity index (χ4n) is 8.77. The van der Waals surface area contributed by atoms with Gasteiger partial charge in [-0.05, 0) is 90.8 Å². The molecule has 26 heavy (non-hydrogen) atoms. The summed E-state index contributed by atoms with van der Waals surface area (Å²) in [6.45, 7) is 17.8. The second kappa shape index (κ2) is 8.16. The van der Waals surface area contributed by atoms with Crippen molar-refractivity contribution in [2.45, 2.75) is 106 Å². The summed E-state index contributed by atoms with van der Waals surface area (Å²) in [7, 11) is 0. The van der Waals surface area contributed by atoms with Crippen LogP contribution in [0.1, 0.15) is 106 Å². The Labute approximate surface area is 165 Å². The maximum Gasteiger partial charge on any atom is -0.0266 e. The van der Waals surface area contributed by atoms with Crippen LogP contribution in [0.3, 0.4) is 0 Å². The molecule has 0 aromatic rings. The molecule has 0 N–H and O–H groups in total. The van der Waals surface area contributed by atoms with Crippen molar-refractivity contribution in [3.8, 4) is 0 Å². The van der Waals surface area contributed by atoms with Crippen molar-refractivity contribution < 1.29 is 0 Å². The van der Waals surface area contributed by atoms with E-state index in [1.807, 2.05) is 0 Å². The lowest BCUT2D eigenvalue weighted by Gasteiger charge is -2.45. The zero-order valence-corrected chi connectivity index (χ0v) is 19.1. The van der Waals surface area contributed by atoms with E-state index in [2.05, 4.69) is 48.5 Å². The van der Waals surface area contributed by atoms with Crippen molar-refractivity contribution in [3.63, 3.8) is 0 Å². The molecule has 0 amide bonds. The molecule has 152 valence electrons. The molecular formula is C26H48. The van der Waals surface area contributed by atoms with E-state index in [1.165, 1.54) is 44.9 Å². The van der Waals surface area contributed by atoms with E-state index in [0.29, 0.717) is 5.41 Å². The number of fused-ring (bicyclic) bond motifs is 1. The SMILES string of the molecule is CCC1C2CCC(C(C)C3CCCC3C(C)C)CC2C(C)(CC)C1CC. The Morgan fingerprint density at radius 2 is 1.58 bits per heavy atom. The van der Waals surface area contributed by atoms with Crippen molar-refractivity contribution in [2.24, 2.45) is 58.7 Å². The standard InChI is InChI=1S/C26H48/c1-8-20-23-15-14-19(16-25(23)26(7,10-3)24(20)9-2)18(6)22-13-11-12-21(22)17(4)5/h17-25H,8-16H2,1-7H3. The zero-order chi connectivity index (χ0) is 19.1. The molecule has 9 atom stereocenters. The van der Waals surface area contributed by atoms with E-state index in [1.54, 1.807) is 12.8 Å². The Hall–Kier alpha value is 0. The van der Waals surface area contributed by atoms with Gasteiger partial charge >= 0.3 is 0 Å². The lowest BCUT2D eigenvalue weighted by atomic mass is 9.60. The fraction of sp³-hybridized carbons (Fsp3) is 1.00. The molecule has 0 spiro atoms. The first kappa shape index (κ1) is 20.7. The minimum atomic E-state index is 0.617. The van der Waals surface area contributed by atoms with Crippen LogP contribution in [-0.2, 0) is 0 Å². The summed E-state index contributed by atoms with van der Waals surface area (Å²) in [6.07, 6.45) is 13.4. The van der Waals surface area contributed by atoms with Crippen LogP contribution in [0.15, 0.2) is 0 Å². The molecule has 0 nitrogen and oxygen atoms in total. The van der Waals surface area contributed by atoms with E-state index in [-0.39, 0.29) is 0 Å². The molecule has 0 radical (unpaired) electrons. The van der Waals surface area contributed by atoms with E-state index in [9.17, 15) is 0 Å². The first-order valence-electron chi connectivity index (χ1n) is 12.4. The van der Waals surface area contributed by atoms with Gasteiger partial charge in [-0.25, -0.2) is 0 Å². The summed E-state index contributed by atoms with van der Waals surface area (Å²) >= 11 is 0. The van der Waals surface area contributed by atoms with E-state index < -0.39 is 0 Å². The van der Waals surface area contributed by atoms with Crippen LogP contribution < -0.4 is 0 Å². The quantitative estimate of drug-likeness (QED) is 0.447. The van der Waals surface area contributed by atoms with Gasteiger partial charge in [0.15, 0.2) is 0 Å². The maximum absolute atomic E-state index is 2.69. The molecule has 3 fully saturated rings. The van der Waals surface area contributed by atoms with Gasteiger partial charge in [-0.3, -0.25) is 0 Å². The van der Waals surface area contributed by atoms with Crippen LogP contribution in [0.25, 0.3) is 0 Å². The third-order valence-electron chi connectivity index (χ3n) is 10.3.